The topological polar surface area (TPSA) is 87.5 Å². The first kappa shape index (κ1) is 19.0. The molecule has 0 radical (unpaired) electrons. The monoisotopic (exact) mass is 324 g/mol. The summed E-state index contributed by atoms with van der Waals surface area (Å²) in [4.78, 5) is 24.2. The van der Waals surface area contributed by atoms with Crippen molar-refractivity contribution in [2.75, 3.05) is 18.9 Å². The van der Waals surface area contributed by atoms with Crippen molar-refractivity contribution in [3.05, 3.63) is 11.8 Å². The lowest BCUT2D eigenvalue weighted by molar-refractivity contribution is -0.137. The van der Waals surface area contributed by atoms with Crippen molar-refractivity contribution in [3.8, 4) is 0 Å². The number of hydrogen-bond acceptors (Lipinski definition) is 3. The van der Waals surface area contributed by atoms with Crippen LogP contribution >= 0.6 is 0 Å². The number of carbonyl (C=O) groups excluding carboxylic acids is 1. The van der Waals surface area contributed by atoms with E-state index < -0.39 is 5.97 Å². The maximum Gasteiger partial charge on any atom is 0.322 e. The molecule has 1 heterocycles. The van der Waals surface area contributed by atoms with Gasteiger partial charge in [-0.1, -0.05) is 20.8 Å². The number of aliphatic carboxylic acids is 1. The highest BCUT2D eigenvalue weighted by Gasteiger charge is 2.26. The molecule has 7 heteroatoms. The highest BCUT2D eigenvalue weighted by atomic mass is 16.4. The van der Waals surface area contributed by atoms with E-state index in [0.717, 1.165) is 5.69 Å². The number of aromatic nitrogens is 2. The Morgan fingerprint density at radius 3 is 2.26 bits per heavy atom. The molecule has 130 valence electrons. The Balaban J connectivity index is 3.00. The highest BCUT2D eigenvalue weighted by molar-refractivity contribution is 5.88. The van der Waals surface area contributed by atoms with Crippen LogP contribution in [0.25, 0.3) is 0 Å². The minimum absolute atomic E-state index is 0.0876. The van der Waals surface area contributed by atoms with Gasteiger partial charge in [0.25, 0.3) is 0 Å². The van der Waals surface area contributed by atoms with Crippen molar-refractivity contribution in [2.45, 2.75) is 58.9 Å². The molecule has 0 aliphatic carbocycles. The van der Waals surface area contributed by atoms with Gasteiger partial charge in [-0.25, -0.2) is 9.48 Å². The third kappa shape index (κ3) is 5.26. The molecule has 0 atom stereocenters. The molecule has 2 amide bonds. The Kier molecular flexibility index (Phi) is 5.45. The van der Waals surface area contributed by atoms with Gasteiger partial charge >= 0.3 is 12.0 Å². The number of carbonyl (C=O) groups is 2. The molecule has 0 spiro atoms. The van der Waals surface area contributed by atoms with Crippen LogP contribution in [0.1, 0.15) is 53.7 Å². The highest BCUT2D eigenvalue weighted by Crippen LogP contribution is 2.28. The molecule has 1 aromatic heterocycles. The molecule has 0 aliphatic heterocycles. The first-order valence-corrected chi connectivity index (χ1v) is 7.67. The second kappa shape index (κ2) is 6.60. The summed E-state index contributed by atoms with van der Waals surface area (Å²) in [6, 6.07) is 1.52. The van der Waals surface area contributed by atoms with E-state index in [1.807, 2.05) is 26.8 Å². The zero-order valence-corrected chi connectivity index (χ0v) is 15.1. The SMILES string of the molecule is CN(CCC(=O)O)C(=O)Nc1cc(C(C)(C)C)nn1C(C)(C)C. The zero-order valence-electron chi connectivity index (χ0n) is 15.1. The van der Waals surface area contributed by atoms with E-state index in [4.69, 9.17) is 5.11 Å². The molecule has 1 aromatic rings. The number of rotatable bonds is 4. The fourth-order valence-electron chi connectivity index (χ4n) is 1.92. The molecule has 0 fully saturated rings. The average Bonchev–Trinajstić information content (AvgIpc) is 2.79. The van der Waals surface area contributed by atoms with Gasteiger partial charge in [0.05, 0.1) is 17.7 Å². The van der Waals surface area contributed by atoms with Crippen LogP contribution < -0.4 is 5.32 Å². The summed E-state index contributed by atoms with van der Waals surface area (Å²) in [5, 5.41) is 16.2. The molecule has 0 saturated carbocycles. The molecule has 0 unspecified atom stereocenters. The van der Waals surface area contributed by atoms with E-state index in [1.165, 1.54) is 4.90 Å². The second-order valence-electron chi connectivity index (χ2n) is 7.74. The molecule has 7 nitrogen and oxygen atoms in total. The number of hydrogen-bond donors (Lipinski definition) is 2. The van der Waals surface area contributed by atoms with Crippen LogP contribution in [0.3, 0.4) is 0 Å². The summed E-state index contributed by atoms with van der Waals surface area (Å²) in [5.41, 5.74) is 0.465. The minimum atomic E-state index is -0.931. The van der Waals surface area contributed by atoms with Crippen LogP contribution in [0.2, 0.25) is 0 Å². The molecule has 0 saturated heterocycles. The Morgan fingerprint density at radius 2 is 1.83 bits per heavy atom. The van der Waals surface area contributed by atoms with Crippen LogP contribution in [0.15, 0.2) is 6.07 Å². The number of nitrogens with one attached hydrogen (secondary N) is 1. The third-order valence-corrected chi connectivity index (χ3v) is 3.36. The molecule has 1 rings (SSSR count). The van der Waals surface area contributed by atoms with Gasteiger partial charge in [0.15, 0.2) is 0 Å². The average molecular weight is 324 g/mol. The van der Waals surface area contributed by atoms with Gasteiger partial charge in [-0.05, 0) is 20.8 Å². The normalized spacial score (nSPS) is 12.1. The smallest absolute Gasteiger partial charge is 0.322 e. The van der Waals surface area contributed by atoms with Crippen molar-refractivity contribution in [1.29, 1.82) is 0 Å². The van der Waals surface area contributed by atoms with Gasteiger partial charge in [0.1, 0.15) is 5.82 Å². The second-order valence-corrected chi connectivity index (χ2v) is 7.74. The fourth-order valence-corrected chi connectivity index (χ4v) is 1.92. The predicted octanol–water partition coefficient (Wildman–Crippen LogP) is 2.87. The quantitative estimate of drug-likeness (QED) is 0.891. The van der Waals surface area contributed by atoms with E-state index >= 15 is 0 Å². The number of carboxylic acid groups (broad SMARTS) is 1. The minimum Gasteiger partial charge on any atom is -0.481 e. The Bertz CT molecular complexity index is 579. The van der Waals surface area contributed by atoms with E-state index in [9.17, 15) is 9.59 Å². The standard InChI is InChI=1S/C16H28N4O3/c1-15(2,3)11-10-12(20(18-11)16(4,5)6)17-14(23)19(7)9-8-13(21)22/h10H,8-9H2,1-7H3,(H,17,23)(H,21,22). The van der Waals surface area contributed by atoms with Crippen LogP contribution in [-0.4, -0.2) is 45.4 Å². The first-order valence-electron chi connectivity index (χ1n) is 7.67. The van der Waals surface area contributed by atoms with Crippen molar-refractivity contribution in [2.24, 2.45) is 0 Å². The van der Waals surface area contributed by atoms with E-state index in [1.54, 1.807) is 11.7 Å². The molecule has 0 aromatic carbocycles. The predicted molar refractivity (Wildman–Crippen MR) is 89.8 cm³/mol. The summed E-state index contributed by atoms with van der Waals surface area (Å²) in [6.07, 6.45) is -0.0876. The van der Waals surface area contributed by atoms with Gasteiger partial charge in [-0.3, -0.25) is 10.1 Å². The molecule has 2 N–H and O–H groups in total. The molecular formula is C16H28N4O3. The lowest BCUT2D eigenvalue weighted by Crippen LogP contribution is -2.35. The number of urea groups is 1. The number of carboxylic acids is 1. The summed E-state index contributed by atoms with van der Waals surface area (Å²) >= 11 is 0. The maximum atomic E-state index is 12.2. The van der Waals surface area contributed by atoms with Crippen LogP contribution in [0.5, 0.6) is 0 Å². The van der Waals surface area contributed by atoms with E-state index in [-0.39, 0.29) is 30.0 Å². The Hall–Kier alpha value is -2.05. The third-order valence-electron chi connectivity index (χ3n) is 3.36. The van der Waals surface area contributed by atoms with Gasteiger partial charge in [-0.2, -0.15) is 5.10 Å². The lowest BCUT2D eigenvalue weighted by Gasteiger charge is -2.24. The fraction of sp³-hybridized carbons (Fsp3) is 0.688. The van der Waals surface area contributed by atoms with Gasteiger partial charge in [0, 0.05) is 25.1 Å². The van der Waals surface area contributed by atoms with Crippen LogP contribution in [0.4, 0.5) is 10.6 Å². The van der Waals surface area contributed by atoms with Crippen molar-refractivity contribution >= 4 is 17.8 Å². The van der Waals surface area contributed by atoms with Crippen molar-refractivity contribution in [1.82, 2.24) is 14.7 Å². The van der Waals surface area contributed by atoms with E-state index in [0.29, 0.717) is 5.82 Å². The van der Waals surface area contributed by atoms with Gasteiger partial charge < -0.3 is 10.0 Å². The summed E-state index contributed by atoms with van der Waals surface area (Å²) in [6.45, 7) is 12.4. The van der Waals surface area contributed by atoms with Gasteiger partial charge in [-0.15, -0.1) is 0 Å². The number of amides is 2. The first-order chi connectivity index (χ1) is 10.3. The summed E-state index contributed by atoms with van der Waals surface area (Å²) in [7, 11) is 1.57. The Morgan fingerprint density at radius 1 is 1.26 bits per heavy atom. The number of anilines is 1. The van der Waals surface area contributed by atoms with Crippen molar-refractivity contribution in [3.63, 3.8) is 0 Å². The molecular weight excluding hydrogens is 296 g/mol. The van der Waals surface area contributed by atoms with Gasteiger partial charge in [0.2, 0.25) is 0 Å². The van der Waals surface area contributed by atoms with Crippen LogP contribution in [-0.2, 0) is 15.7 Å². The van der Waals surface area contributed by atoms with Crippen molar-refractivity contribution < 1.29 is 14.7 Å². The van der Waals surface area contributed by atoms with E-state index in [2.05, 4.69) is 31.2 Å². The lowest BCUT2D eigenvalue weighted by atomic mass is 9.92. The van der Waals surface area contributed by atoms with Crippen LogP contribution in [0, 0.1) is 0 Å². The maximum absolute atomic E-state index is 12.2. The molecule has 0 aliphatic rings. The zero-order chi connectivity index (χ0) is 18.0. The largest absolute Gasteiger partial charge is 0.481 e. The molecule has 0 bridgehead atoms. The summed E-state index contributed by atoms with van der Waals surface area (Å²) < 4.78 is 1.79. The summed E-state index contributed by atoms with van der Waals surface area (Å²) in [5.74, 6) is -0.325. The molecule has 23 heavy (non-hydrogen) atoms. The Labute approximate surface area is 137 Å². The number of nitrogens with zero attached hydrogens (tertiary/aromatic N) is 3.